The number of aryl methyl sites for hydroxylation is 1. The van der Waals surface area contributed by atoms with E-state index in [1.807, 2.05) is 6.92 Å². The summed E-state index contributed by atoms with van der Waals surface area (Å²) in [6, 6.07) is 3.45. The van der Waals surface area contributed by atoms with Crippen molar-refractivity contribution in [3.05, 3.63) is 26.6 Å². The van der Waals surface area contributed by atoms with Gasteiger partial charge in [0, 0.05) is 8.95 Å². The third-order valence-corrected chi connectivity index (χ3v) is 4.15. The summed E-state index contributed by atoms with van der Waals surface area (Å²) in [6.45, 7) is 1.85. The number of sulfonamides is 1. The van der Waals surface area contributed by atoms with Crippen molar-refractivity contribution in [2.24, 2.45) is 0 Å². The molecule has 0 saturated carbocycles. The molecule has 5 nitrogen and oxygen atoms in total. The second kappa shape index (κ2) is 5.36. The van der Waals surface area contributed by atoms with Crippen LogP contribution in [-0.4, -0.2) is 25.2 Å². The molecule has 1 rings (SSSR count). The molecule has 8 heteroatoms. The van der Waals surface area contributed by atoms with Crippen molar-refractivity contribution < 1.29 is 18.3 Å². The van der Waals surface area contributed by atoms with Gasteiger partial charge in [0.2, 0.25) is 10.0 Å². The Morgan fingerprint density at radius 3 is 2.24 bits per heavy atom. The summed E-state index contributed by atoms with van der Waals surface area (Å²) >= 11 is 6.42. The van der Waals surface area contributed by atoms with Crippen LogP contribution in [0.5, 0.6) is 0 Å². The van der Waals surface area contributed by atoms with E-state index in [0.717, 1.165) is 5.56 Å². The number of aliphatic carboxylic acids is 1. The molecule has 2 N–H and O–H groups in total. The van der Waals surface area contributed by atoms with Crippen LogP contribution < -0.4 is 4.72 Å². The predicted octanol–water partition coefficient (Wildman–Crippen LogP) is 2.35. The highest BCUT2D eigenvalue weighted by Crippen LogP contribution is 2.32. The molecule has 0 aliphatic rings. The van der Waals surface area contributed by atoms with Gasteiger partial charge in [0.1, 0.15) is 0 Å². The van der Waals surface area contributed by atoms with Crippen LogP contribution in [0.1, 0.15) is 5.56 Å². The fourth-order valence-electron chi connectivity index (χ4n) is 1.15. The van der Waals surface area contributed by atoms with Gasteiger partial charge in [-0.25, -0.2) is 8.42 Å². The third kappa shape index (κ3) is 4.29. The Morgan fingerprint density at radius 2 is 1.82 bits per heavy atom. The zero-order valence-electron chi connectivity index (χ0n) is 8.70. The standard InChI is InChI=1S/C9H9Br2NO4S/c1-5-2-6(10)9(7(11)3-5)12-17(15,16)4-8(13)14/h2-3,12H,4H2,1H3,(H,13,14). The number of hydrogen-bond donors (Lipinski definition) is 2. The Balaban J connectivity index is 3.08. The van der Waals surface area contributed by atoms with Gasteiger partial charge in [-0.2, -0.15) is 0 Å². The first-order chi connectivity index (χ1) is 7.71. The molecule has 94 valence electrons. The molecule has 0 unspecified atom stereocenters. The summed E-state index contributed by atoms with van der Waals surface area (Å²) in [4.78, 5) is 10.4. The molecule has 0 aliphatic carbocycles. The Labute approximate surface area is 116 Å². The number of carboxylic acid groups (broad SMARTS) is 1. The molecule has 0 radical (unpaired) electrons. The lowest BCUT2D eigenvalue weighted by Gasteiger charge is -2.11. The highest BCUT2D eigenvalue weighted by atomic mass is 79.9. The minimum absolute atomic E-state index is 0.289. The minimum atomic E-state index is -3.90. The largest absolute Gasteiger partial charge is 0.480 e. The van der Waals surface area contributed by atoms with Crippen molar-refractivity contribution in [2.75, 3.05) is 10.5 Å². The van der Waals surface area contributed by atoms with Crippen LogP contribution in [0.2, 0.25) is 0 Å². The highest BCUT2D eigenvalue weighted by Gasteiger charge is 2.18. The molecular weight excluding hydrogens is 378 g/mol. The van der Waals surface area contributed by atoms with E-state index >= 15 is 0 Å². The molecule has 0 amide bonds. The molecule has 0 bridgehead atoms. The van der Waals surface area contributed by atoms with E-state index in [-0.39, 0.29) is 5.69 Å². The van der Waals surface area contributed by atoms with Gasteiger partial charge in [0.25, 0.3) is 0 Å². The van der Waals surface area contributed by atoms with Crippen LogP contribution in [-0.2, 0) is 14.8 Å². The summed E-state index contributed by atoms with van der Waals surface area (Å²) in [5.41, 5.74) is 1.22. The average molecular weight is 387 g/mol. The molecule has 0 aromatic heterocycles. The Kier molecular flexibility index (Phi) is 4.56. The summed E-state index contributed by atoms with van der Waals surface area (Å²) in [5.74, 6) is -2.38. The van der Waals surface area contributed by atoms with Crippen molar-refractivity contribution in [1.82, 2.24) is 0 Å². The number of benzene rings is 1. The normalized spacial score (nSPS) is 11.2. The van der Waals surface area contributed by atoms with E-state index in [9.17, 15) is 13.2 Å². The van der Waals surface area contributed by atoms with Gasteiger partial charge in [-0.3, -0.25) is 9.52 Å². The monoisotopic (exact) mass is 385 g/mol. The summed E-state index contributed by atoms with van der Waals surface area (Å²) < 4.78 is 26.2. The zero-order chi connectivity index (χ0) is 13.2. The van der Waals surface area contributed by atoms with Crippen LogP contribution in [0.3, 0.4) is 0 Å². The quantitative estimate of drug-likeness (QED) is 0.831. The number of rotatable bonds is 4. The Bertz CT molecular complexity index is 533. The number of anilines is 1. The number of carbonyl (C=O) groups is 1. The van der Waals surface area contributed by atoms with Gasteiger partial charge in [-0.05, 0) is 56.5 Å². The van der Waals surface area contributed by atoms with Crippen molar-refractivity contribution in [3.63, 3.8) is 0 Å². The third-order valence-electron chi connectivity index (χ3n) is 1.76. The molecule has 1 aromatic carbocycles. The van der Waals surface area contributed by atoms with E-state index in [1.54, 1.807) is 12.1 Å². The van der Waals surface area contributed by atoms with Crippen molar-refractivity contribution >= 4 is 53.5 Å². The first kappa shape index (κ1) is 14.5. The predicted molar refractivity (Wildman–Crippen MR) is 71.6 cm³/mol. The Morgan fingerprint density at radius 1 is 1.35 bits per heavy atom. The van der Waals surface area contributed by atoms with Crippen LogP contribution in [0.25, 0.3) is 0 Å². The van der Waals surface area contributed by atoms with Gasteiger partial charge >= 0.3 is 5.97 Å². The second-order valence-corrected chi connectivity index (χ2v) is 6.79. The summed E-state index contributed by atoms with van der Waals surface area (Å²) in [5, 5.41) is 8.47. The van der Waals surface area contributed by atoms with E-state index < -0.39 is 21.7 Å². The van der Waals surface area contributed by atoms with Crippen molar-refractivity contribution in [1.29, 1.82) is 0 Å². The van der Waals surface area contributed by atoms with Gasteiger partial charge < -0.3 is 5.11 Å². The van der Waals surface area contributed by atoms with Gasteiger partial charge in [0.05, 0.1) is 5.69 Å². The topological polar surface area (TPSA) is 83.5 Å². The molecule has 0 atom stereocenters. The molecule has 0 saturated heterocycles. The van der Waals surface area contributed by atoms with Gasteiger partial charge in [-0.1, -0.05) is 0 Å². The fourth-order valence-corrected chi connectivity index (χ4v) is 3.96. The smallest absolute Gasteiger partial charge is 0.320 e. The van der Waals surface area contributed by atoms with Gasteiger partial charge in [0.15, 0.2) is 5.75 Å². The molecular formula is C9H9Br2NO4S. The summed E-state index contributed by atoms with van der Waals surface area (Å²) in [6.07, 6.45) is 0. The Hall–Kier alpha value is -0.600. The molecule has 0 heterocycles. The van der Waals surface area contributed by atoms with E-state index in [0.29, 0.717) is 8.95 Å². The lowest BCUT2D eigenvalue weighted by molar-refractivity contribution is -0.134. The highest BCUT2D eigenvalue weighted by molar-refractivity contribution is 9.11. The minimum Gasteiger partial charge on any atom is -0.480 e. The van der Waals surface area contributed by atoms with Crippen molar-refractivity contribution in [2.45, 2.75) is 6.92 Å². The lowest BCUT2D eigenvalue weighted by Crippen LogP contribution is -2.22. The maximum absolute atomic E-state index is 11.5. The molecule has 0 fully saturated rings. The van der Waals surface area contributed by atoms with E-state index in [1.165, 1.54) is 0 Å². The second-order valence-electron chi connectivity index (χ2n) is 3.36. The van der Waals surface area contributed by atoms with E-state index in [2.05, 4.69) is 36.6 Å². The maximum Gasteiger partial charge on any atom is 0.320 e. The number of hydrogen-bond acceptors (Lipinski definition) is 3. The number of carboxylic acids is 1. The van der Waals surface area contributed by atoms with Crippen LogP contribution in [0.4, 0.5) is 5.69 Å². The fraction of sp³-hybridized carbons (Fsp3) is 0.222. The first-order valence-electron chi connectivity index (χ1n) is 4.39. The lowest BCUT2D eigenvalue weighted by atomic mass is 10.2. The molecule has 0 aliphatic heterocycles. The molecule has 1 aromatic rings. The SMILES string of the molecule is Cc1cc(Br)c(NS(=O)(=O)CC(=O)O)c(Br)c1. The van der Waals surface area contributed by atoms with Crippen LogP contribution in [0, 0.1) is 6.92 Å². The number of halogens is 2. The van der Waals surface area contributed by atoms with E-state index in [4.69, 9.17) is 5.11 Å². The van der Waals surface area contributed by atoms with Crippen LogP contribution >= 0.6 is 31.9 Å². The maximum atomic E-state index is 11.5. The molecule has 17 heavy (non-hydrogen) atoms. The number of nitrogens with one attached hydrogen (secondary N) is 1. The average Bonchev–Trinajstić information content (AvgIpc) is 2.09. The van der Waals surface area contributed by atoms with Gasteiger partial charge in [-0.15, -0.1) is 0 Å². The first-order valence-corrected chi connectivity index (χ1v) is 7.63. The summed E-state index contributed by atoms with van der Waals surface area (Å²) in [7, 11) is -3.90. The molecule has 0 spiro atoms. The van der Waals surface area contributed by atoms with Crippen molar-refractivity contribution in [3.8, 4) is 0 Å². The van der Waals surface area contributed by atoms with Crippen LogP contribution in [0.15, 0.2) is 21.1 Å². The zero-order valence-corrected chi connectivity index (χ0v) is 12.7.